The van der Waals surface area contributed by atoms with Crippen molar-refractivity contribution in [2.45, 2.75) is 174 Å². The lowest BCUT2D eigenvalue weighted by atomic mass is 10.0. The third-order valence-electron chi connectivity index (χ3n) is 7.79. The van der Waals surface area contributed by atoms with Gasteiger partial charge in [0.05, 0.1) is 0 Å². The summed E-state index contributed by atoms with van der Waals surface area (Å²) in [5.41, 5.74) is 0. The molecule has 6 nitrogen and oxygen atoms in total. The molecule has 0 bridgehead atoms. The molecular weight excluding hydrogens is 576 g/mol. The molecule has 0 heterocycles. The predicted molar refractivity (Wildman–Crippen MR) is 192 cm³/mol. The molecule has 1 atom stereocenters. The Kier molecular flexibility index (Phi) is 33.5. The summed E-state index contributed by atoms with van der Waals surface area (Å²) in [6, 6.07) is 0. The van der Waals surface area contributed by atoms with Gasteiger partial charge in [0.25, 0.3) is 0 Å². The van der Waals surface area contributed by atoms with Crippen molar-refractivity contribution < 1.29 is 29.0 Å². The van der Waals surface area contributed by atoms with Crippen LogP contribution < -0.4 is 0 Å². The lowest BCUT2D eigenvalue weighted by Gasteiger charge is -2.12. The summed E-state index contributed by atoms with van der Waals surface area (Å²) in [4.78, 5) is 35.5. The van der Waals surface area contributed by atoms with Gasteiger partial charge in [-0.2, -0.15) is 0 Å². The molecule has 0 saturated heterocycles. The average molecular weight is 645 g/mol. The number of aliphatic hydroxyl groups excluding tert-OH is 1. The van der Waals surface area contributed by atoms with Gasteiger partial charge in [0.2, 0.25) is 0 Å². The zero-order valence-corrected chi connectivity index (χ0v) is 29.6. The van der Waals surface area contributed by atoms with E-state index in [1.54, 1.807) is 6.08 Å². The minimum atomic E-state index is -1.00. The molecule has 0 rings (SSSR count). The van der Waals surface area contributed by atoms with Gasteiger partial charge in [-0.25, -0.2) is 0 Å². The summed E-state index contributed by atoms with van der Waals surface area (Å²) in [5, 5.41) is 9.98. The van der Waals surface area contributed by atoms with E-state index in [0.29, 0.717) is 19.3 Å². The molecule has 0 aromatic heterocycles. The molecule has 0 aliphatic carbocycles. The van der Waals surface area contributed by atoms with Gasteiger partial charge in [-0.3, -0.25) is 14.4 Å². The van der Waals surface area contributed by atoms with E-state index in [2.05, 4.69) is 32.1 Å². The van der Waals surface area contributed by atoms with Gasteiger partial charge in [-0.15, -0.1) is 0 Å². The fraction of sp³-hybridized carbons (Fsp3) is 0.725. The molecule has 0 aromatic carbocycles. The number of rotatable bonds is 33. The highest BCUT2D eigenvalue weighted by Gasteiger charge is 2.12. The molecular formula is C40H68O6. The minimum absolute atomic E-state index is 0.147. The van der Waals surface area contributed by atoms with Crippen LogP contribution in [0.15, 0.2) is 48.6 Å². The summed E-state index contributed by atoms with van der Waals surface area (Å²) in [6.45, 7) is 4.08. The first-order valence-electron chi connectivity index (χ1n) is 18.6. The Bertz CT molecular complexity index is 841. The second-order valence-corrected chi connectivity index (χ2v) is 12.4. The van der Waals surface area contributed by atoms with Crippen molar-refractivity contribution in [3.05, 3.63) is 48.6 Å². The van der Waals surface area contributed by atoms with Crippen molar-refractivity contribution in [3.8, 4) is 0 Å². The van der Waals surface area contributed by atoms with Crippen molar-refractivity contribution in [1.29, 1.82) is 0 Å². The van der Waals surface area contributed by atoms with Crippen molar-refractivity contribution in [3.63, 3.8) is 0 Å². The highest BCUT2D eigenvalue weighted by atomic mass is 16.6. The van der Waals surface area contributed by atoms with Crippen LogP contribution in [0.5, 0.6) is 0 Å². The third kappa shape index (κ3) is 34.4. The topological polar surface area (TPSA) is 89.9 Å². The molecule has 0 aliphatic rings. The Hall–Kier alpha value is -2.47. The number of allylic oxidation sites excluding steroid dienone is 8. The zero-order valence-electron chi connectivity index (χ0n) is 29.6. The Morgan fingerprint density at radius 1 is 0.522 bits per heavy atom. The van der Waals surface area contributed by atoms with E-state index in [1.807, 2.05) is 24.3 Å². The molecule has 0 unspecified atom stereocenters. The lowest BCUT2D eigenvalue weighted by Crippen LogP contribution is -2.25. The van der Waals surface area contributed by atoms with E-state index in [1.165, 1.54) is 70.6 Å². The Morgan fingerprint density at radius 2 is 0.957 bits per heavy atom. The van der Waals surface area contributed by atoms with Crippen LogP contribution in [0.1, 0.15) is 168 Å². The van der Waals surface area contributed by atoms with Crippen LogP contribution >= 0.6 is 0 Å². The number of hydrogen-bond acceptors (Lipinski definition) is 6. The monoisotopic (exact) mass is 645 g/mol. The second kappa shape index (κ2) is 35.4. The van der Waals surface area contributed by atoms with Gasteiger partial charge in [0, 0.05) is 19.3 Å². The molecule has 0 saturated carbocycles. The number of unbranched alkanes of at least 4 members (excludes halogenated alkanes) is 16. The largest absolute Gasteiger partial charge is 0.463 e. The van der Waals surface area contributed by atoms with Gasteiger partial charge < -0.3 is 14.6 Å². The highest BCUT2D eigenvalue weighted by Crippen LogP contribution is 2.13. The fourth-order valence-corrected chi connectivity index (χ4v) is 4.92. The summed E-state index contributed by atoms with van der Waals surface area (Å²) in [6.07, 6.45) is 40.0. The van der Waals surface area contributed by atoms with Gasteiger partial charge >= 0.3 is 11.9 Å². The van der Waals surface area contributed by atoms with Crippen molar-refractivity contribution in [2.24, 2.45) is 0 Å². The molecule has 0 aliphatic heterocycles. The van der Waals surface area contributed by atoms with Gasteiger partial charge in [0.15, 0.2) is 5.78 Å². The Morgan fingerprint density at radius 3 is 1.52 bits per heavy atom. The normalized spacial score (nSPS) is 12.6. The van der Waals surface area contributed by atoms with E-state index in [9.17, 15) is 19.5 Å². The standard InChI is InChI=1S/C40H68O6/c1-3-5-7-8-9-10-11-12-13-16-19-22-25-29-33-39(43)45-35-38(42)36-46-40(44)34-30-26-23-20-17-14-15-18-21-24-28-32-37(41)31-27-6-4-2/h14-15,20-21,23-24,28,32,38,42H,3-13,16-19,22,25-27,29-31,33-36H2,1-2H3/b15-14-,23-20-,24-21-,32-28+/t38-/m1/s1. The molecule has 6 heteroatoms. The SMILES string of the molecule is CCCCCCCCCCCCCCCCC(=O)OC[C@@H](O)COC(=O)CCC/C=C\C/C=C\C/C=C\C=C\C(=O)CCCCC. The number of carbonyl (C=O) groups is 3. The highest BCUT2D eigenvalue weighted by molar-refractivity contribution is 5.89. The maximum atomic E-state index is 11.9. The summed E-state index contributed by atoms with van der Waals surface area (Å²) < 4.78 is 10.2. The molecule has 1 N–H and O–H groups in total. The number of aliphatic hydroxyl groups is 1. The van der Waals surface area contributed by atoms with Gasteiger partial charge in [0.1, 0.15) is 19.3 Å². The Labute approximate surface area is 282 Å². The van der Waals surface area contributed by atoms with E-state index in [4.69, 9.17) is 9.47 Å². The molecule has 264 valence electrons. The van der Waals surface area contributed by atoms with E-state index >= 15 is 0 Å². The smallest absolute Gasteiger partial charge is 0.305 e. The number of carbonyl (C=O) groups excluding carboxylic acids is 3. The van der Waals surface area contributed by atoms with Crippen molar-refractivity contribution in [1.82, 2.24) is 0 Å². The molecule has 0 radical (unpaired) electrons. The minimum Gasteiger partial charge on any atom is -0.463 e. The van der Waals surface area contributed by atoms with Crippen molar-refractivity contribution >= 4 is 17.7 Å². The molecule has 0 fully saturated rings. The maximum absolute atomic E-state index is 11.9. The summed E-state index contributed by atoms with van der Waals surface area (Å²) in [5.74, 6) is -0.474. The number of esters is 2. The first kappa shape index (κ1) is 43.5. The van der Waals surface area contributed by atoms with Crippen LogP contribution in [0.25, 0.3) is 0 Å². The average Bonchev–Trinajstić information content (AvgIpc) is 3.05. The van der Waals surface area contributed by atoms with E-state index in [0.717, 1.165) is 57.8 Å². The first-order chi connectivity index (χ1) is 22.5. The number of hydrogen-bond donors (Lipinski definition) is 1. The second-order valence-electron chi connectivity index (χ2n) is 12.4. The fourth-order valence-electron chi connectivity index (χ4n) is 4.92. The quantitative estimate of drug-likeness (QED) is 0.0251. The molecule has 46 heavy (non-hydrogen) atoms. The number of ketones is 1. The zero-order chi connectivity index (χ0) is 33.8. The van der Waals surface area contributed by atoms with Crippen LogP contribution in [-0.4, -0.2) is 42.1 Å². The van der Waals surface area contributed by atoms with Crippen LogP contribution in [0, 0.1) is 0 Å². The summed E-state index contributed by atoms with van der Waals surface area (Å²) >= 11 is 0. The molecule has 0 amide bonds. The molecule has 0 aromatic rings. The third-order valence-corrected chi connectivity index (χ3v) is 7.79. The van der Waals surface area contributed by atoms with Crippen LogP contribution in [0.3, 0.4) is 0 Å². The van der Waals surface area contributed by atoms with E-state index < -0.39 is 6.10 Å². The predicted octanol–water partition coefficient (Wildman–Crippen LogP) is 10.6. The van der Waals surface area contributed by atoms with Gasteiger partial charge in [-0.1, -0.05) is 153 Å². The van der Waals surface area contributed by atoms with Crippen molar-refractivity contribution in [2.75, 3.05) is 13.2 Å². The lowest BCUT2D eigenvalue weighted by molar-refractivity contribution is -0.152. The van der Waals surface area contributed by atoms with Crippen LogP contribution in [-0.2, 0) is 23.9 Å². The number of ether oxygens (including phenoxy) is 2. The summed E-state index contributed by atoms with van der Waals surface area (Å²) in [7, 11) is 0. The molecule has 0 spiro atoms. The first-order valence-corrected chi connectivity index (χ1v) is 18.6. The van der Waals surface area contributed by atoms with Gasteiger partial charge in [-0.05, 0) is 44.6 Å². The van der Waals surface area contributed by atoms with Crippen LogP contribution in [0.2, 0.25) is 0 Å². The maximum Gasteiger partial charge on any atom is 0.305 e. The van der Waals surface area contributed by atoms with Crippen LogP contribution in [0.4, 0.5) is 0 Å². The Balaban J connectivity index is 3.60. The van der Waals surface area contributed by atoms with E-state index in [-0.39, 0.29) is 37.4 Å².